The Morgan fingerprint density at radius 1 is 1.60 bits per heavy atom. The Hall–Kier alpha value is -1.26. The van der Waals surface area contributed by atoms with Crippen LogP contribution in [0.15, 0.2) is 18.2 Å². The quantitative estimate of drug-likeness (QED) is 0.751. The number of rotatable bonds is 1. The highest BCUT2D eigenvalue weighted by atomic mass is 35.5. The molecule has 1 aromatic carbocycles. The van der Waals surface area contributed by atoms with Gasteiger partial charge in [-0.1, -0.05) is 11.6 Å². The zero-order valence-electron chi connectivity index (χ0n) is 8.33. The molecule has 0 radical (unpaired) electrons. The first-order valence-electron chi connectivity index (χ1n) is 4.67. The second-order valence-corrected chi connectivity index (χ2v) is 3.95. The summed E-state index contributed by atoms with van der Waals surface area (Å²) >= 11 is 5.85. The number of nitrogens with one attached hydrogen (secondary N) is 1. The molecule has 0 bridgehead atoms. The van der Waals surface area contributed by atoms with Gasteiger partial charge < -0.3 is 16.0 Å². The Morgan fingerprint density at radius 3 is 3.00 bits per heavy atom. The average molecular weight is 226 g/mol. The molecule has 80 valence electrons. The summed E-state index contributed by atoms with van der Waals surface area (Å²) in [5.41, 5.74) is 7.22. The number of hydrogen-bond donors (Lipinski definition) is 2. The predicted octanol–water partition coefficient (Wildman–Crippen LogP) is 1.06. The predicted molar refractivity (Wildman–Crippen MR) is 61.3 cm³/mol. The summed E-state index contributed by atoms with van der Waals surface area (Å²) in [5, 5.41) is 3.39. The van der Waals surface area contributed by atoms with Crippen LogP contribution in [0.25, 0.3) is 0 Å². The van der Waals surface area contributed by atoms with Crippen molar-refractivity contribution in [2.75, 3.05) is 23.8 Å². The molecule has 0 spiro atoms. The Balaban J connectivity index is 2.45. The minimum absolute atomic E-state index is 0.0882. The Kier molecular flexibility index (Phi) is 2.54. The van der Waals surface area contributed by atoms with Crippen molar-refractivity contribution in [2.24, 2.45) is 5.73 Å². The van der Waals surface area contributed by atoms with Crippen LogP contribution in [0.5, 0.6) is 0 Å². The second-order valence-electron chi connectivity index (χ2n) is 3.51. The standard InChI is InChI=1S/C10H12ClN3O/c1-14-8-3-2-6(11)4-7(8)13-10(15)9(14)5-12/h2-4,9H,5,12H2,1H3,(H,13,15). The van der Waals surface area contributed by atoms with Crippen LogP contribution in [-0.2, 0) is 4.79 Å². The lowest BCUT2D eigenvalue weighted by Gasteiger charge is -2.34. The van der Waals surface area contributed by atoms with E-state index < -0.39 is 0 Å². The van der Waals surface area contributed by atoms with Crippen LogP contribution in [-0.4, -0.2) is 25.5 Å². The lowest BCUT2D eigenvalue weighted by molar-refractivity contribution is -0.117. The number of fused-ring (bicyclic) bond motifs is 1. The molecule has 15 heavy (non-hydrogen) atoms. The van der Waals surface area contributed by atoms with Crippen molar-refractivity contribution in [2.45, 2.75) is 6.04 Å². The first-order valence-corrected chi connectivity index (χ1v) is 5.04. The molecule has 1 aliphatic rings. The highest BCUT2D eigenvalue weighted by Crippen LogP contribution is 2.32. The fraction of sp³-hybridized carbons (Fsp3) is 0.300. The summed E-state index contributed by atoms with van der Waals surface area (Å²) in [6.07, 6.45) is 0. The molecule has 1 aliphatic heterocycles. The van der Waals surface area contributed by atoms with E-state index in [4.69, 9.17) is 17.3 Å². The lowest BCUT2D eigenvalue weighted by Crippen LogP contribution is -2.50. The van der Waals surface area contributed by atoms with Crippen molar-refractivity contribution >= 4 is 28.9 Å². The third-order valence-corrected chi connectivity index (χ3v) is 2.82. The van der Waals surface area contributed by atoms with Crippen LogP contribution < -0.4 is 16.0 Å². The van der Waals surface area contributed by atoms with Gasteiger partial charge in [-0.05, 0) is 18.2 Å². The molecule has 1 heterocycles. The van der Waals surface area contributed by atoms with Gasteiger partial charge >= 0.3 is 0 Å². The van der Waals surface area contributed by atoms with E-state index in [2.05, 4.69) is 5.32 Å². The minimum Gasteiger partial charge on any atom is -0.360 e. The van der Waals surface area contributed by atoms with Crippen molar-refractivity contribution in [3.8, 4) is 0 Å². The summed E-state index contributed by atoms with van der Waals surface area (Å²) in [7, 11) is 1.85. The minimum atomic E-state index is -0.307. The zero-order chi connectivity index (χ0) is 11.0. The molecule has 0 saturated heterocycles. The smallest absolute Gasteiger partial charge is 0.248 e. The Morgan fingerprint density at radius 2 is 2.33 bits per heavy atom. The van der Waals surface area contributed by atoms with Crippen LogP contribution in [0.3, 0.4) is 0 Å². The second kappa shape index (κ2) is 3.72. The van der Waals surface area contributed by atoms with E-state index in [9.17, 15) is 4.79 Å². The number of halogens is 1. The molecule has 0 aromatic heterocycles. The van der Waals surface area contributed by atoms with E-state index in [1.165, 1.54) is 0 Å². The summed E-state index contributed by atoms with van der Waals surface area (Å²) in [4.78, 5) is 13.5. The number of nitrogens with two attached hydrogens (primary N) is 1. The Labute approximate surface area is 93.0 Å². The molecular formula is C10H12ClN3O. The van der Waals surface area contributed by atoms with Crippen LogP contribution in [0, 0.1) is 0 Å². The molecule has 1 amide bonds. The van der Waals surface area contributed by atoms with Gasteiger partial charge in [-0.3, -0.25) is 4.79 Å². The van der Waals surface area contributed by atoms with E-state index >= 15 is 0 Å². The van der Waals surface area contributed by atoms with Gasteiger partial charge in [0, 0.05) is 18.6 Å². The van der Waals surface area contributed by atoms with E-state index in [1.807, 2.05) is 18.0 Å². The number of likely N-dealkylation sites (N-methyl/N-ethyl adjacent to an activating group) is 1. The molecule has 0 fully saturated rings. The van der Waals surface area contributed by atoms with Gasteiger partial charge in [0.05, 0.1) is 11.4 Å². The number of hydrogen-bond acceptors (Lipinski definition) is 3. The van der Waals surface area contributed by atoms with Crippen molar-refractivity contribution in [1.82, 2.24) is 0 Å². The van der Waals surface area contributed by atoms with Crippen LogP contribution >= 0.6 is 11.6 Å². The van der Waals surface area contributed by atoms with E-state index in [0.29, 0.717) is 11.6 Å². The molecule has 4 nitrogen and oxygen atoms in total. The van der Waals surface area contributed by atoms with E-state index in [-0.39, 0.29) is 11.9 Å². The number of carbonyl (C=O) groups is 1. The number of anilines is 2. The van der Waals surface area contributed by atoms with Gasteiger partial charge in [-0.15, -0.1) is 0 Å². The summed E-state index contributed by atoms with van der Waals surface area (Å²) < 4.78 is 0. The highest BCUT2D eigenvalue weighted by Gasteiger charge is 2.29. The molecule has 0 saturated carbocycles. The molecule has 0 aliphatic carbocycles. The van der Waals surface area contributed by atoms with Crippen LogP contribution in [0.2, 0.25) is 5.02 Å². The van der Waals surface area contributed by atoms with Crippen molar-refractivity contribution < 1.29 is 4.79 Å². The topological polar surface area (TPSA) is 58.4 Å². The molecule has 1 unspecified atom stereocenters. The average Bonchev–Trinajstić information content (AvgIpc) is 2.17. The van der Waals surface area contributed by atoms with Gasteiger partial charge in [0.15, 0.2) is 0 Å². The molecular weight excluding hydrogens is 214 g/mol. The number of benzene rings is 1. The van der Waals surface area contributed by atoms with Gasteiger partial charge in [-0.25, -0.2) is 0 Å². The highest BCUT2D eigenvalue weighted by molar-refractivity contribution is 6.31. The molecule has 1 aromatic rings. The van der Waals surface area contributed by atoms with Gasteiger partial charge in [-0.2, -0.15) is 0 Å². The normalized spacial score (nSPS) is 19.8. The van der Waals surface area contributed by atoms with E-state index in [0.717, 1.165) is 11.4 Å². The maximum atomic E-state index is 11.6. The van der Waals surface area contributed by atoms with E-state index in [1.54, 1.807) is 12.1 Å². The monoisotopic (exact) mass is 225 g/mol. The largest absolute Gasteiger partial charge is 0.360 e. The third-order valence-electron chi connectivity index (χ3n) is 2.59. The van der Waals surface area contributed by atoms with Crippen molar-refractivity contribution in [1.29, 1.82) is 0 Å². The summed E-state index contributed by atoms with van der Waals surface area (Å²) in [6.45, 7) is 0.296. The van der Waals surface area contributed by atoms with Gasteiger partial charge in [0.2, 0.25) is 5.91 Å². The first kappa shape index (κ1) is 10.3. The lowest BCUT2D eigenvalue weighted by atomic mass is 10.1. The number of carbonyl (C=O) groups excluding carboxylic acids is 1. The van der Waals surface area contributed by atoms with Crippen LogP contribution in [0.4, 0.5) is 11.4 Å². The Bertz CT molecular complexity index is 408. The maximum absolute atomic E-state index is 11.6. The summed E-state index contributed by atoms with van der Waals surface area (Å²) in [6, 6.07) is 5.10. The zero-order valence-corrected chi connectivity index (χ0v) is 9.08. The molecule has 3 N–H and O–H groups in total. The van der Waals surface area contributed by atoms with Gasteiger partial charge in [0.1, 0.15) is 6.04 Å². The fourth-order valence-electron chi connectivity index (χ4n) is 1.74. The molecule has 5 heteroatoms. The SMILES string of the molecule is CN1c2ccc(Cl)cc2NC(=O)C1CN. The molecule has 1 atom stereocenters. The first-order chi connectivity index (χ1) is 7.13. The number of amides is 1. The van der Waals surface area contributed by atoms with Crippen molar-refractivity contribution in [3.05, 3.63) is 23.2 Å². The van der Waals surface area contributed by atoms with Crippen molar-refractivity contribution in [3.63, 3.8) is 0 Å². The maximum Gasteiger partial charge on any atom is 0.248 e. The summed E-state index contributed by atoms with van der Waals surface area (Å²) in [5.74, 6) is -0.0882. The van der Waals surface area contributed by atoms with Gasteiger partial charge in [0.25, 0.3) is 0 Å². The number of nitrogens with zero attached hydrogens (tertiary/aromatic N) is 1. The fourth-order valence-corrected chi connectivity index (χ4v) is 1.91. The molecule has 2 rings (SSSR count). The van der Waals surface area contributed by atoms with Crippen LogP contribution in [0.1, 0.15) is 0 Å². The third kappa shape index (κ3) is 1.66.